The van der Waals surface area contributed by atoms with Gasteiger partial charge in [-0.1, -0.05) is 0 Å². The fraction of sp³-hybridized carbons (Fsp3) is 0.421. The number of amides is 3. The van der Waals surface area contributed by atoms with Crippen LogP contribution in [0.25, 0.3) is 0 Å². The number of hydrogen-bond donors (Lipinski definition) is 1. The molecule has 1 aromatic heterocycles. The highest BCUT2D eigenvalue weighted by molar-refractivity contribution is 5.96. The van der Waals surface area contributed by atoms with Crippen molar-refractivity contribution < 1.29 is 22.8 Å². The lowest BCUT2D eigenvalue weighted by molar-refractivity contribution is -0.117. The highest BCUT2D eigenvalue weighted by atomic mass is 19.2. The molecule has 1 aromatic carbocycles. The molecular formula is C19H20F3N5O2. The van der Waals surface area contributed by atoms with E-state index in [-0.39, 0.29) is 30.2 Å². The van der Waals surface area contributed by atoms with Gasteiger partial charge in [0.1, 0.15) is 0 Å². The van der Waals surface area contributed by atoms with Crippen LogP contribution in [0.4, 0.5) is 29.3 Å². The highest BCUT2D eigenvalue weighted by Gasteiger charge is 2.37. The van der Waals surface area contributed by atoms with Gasteiger partial charge in [0.25, 0.3) is 0 Å². The summed E-state index contributed by atoms with van der Waals surface area (Å²) in [4.78, 5) is 28.1. The summed E-state index contributed by atoms with van der Waals surface area (Å²) in [6.45, 7) is 4.50. The number of nitrogens with one attached hydrogen (secondary N) is 1. The number of carbonyl (C=O) groups is 2. The molecule has 0 saturated carbocycles. The number of hydrogen-bond acceptors (Lipinski definition) is 3. The van der Waals surface area contributed by atoms with Gasteiger partial charge in [-0.05, 0) is 20.3 Å². The van der Waals surface area contributed by atoms with E-state index < -0.39 is 23.5 Å². The number of carbonyl (C=O) groups excluding carboxylic acids is 2. The second-order valence-corrected chi connectivity index (χ2v) is 7.36. The van der Waals surface area contributed by atoms with E-state index in [1.807, 2.05) is 13.8 Å². The molecule has 2 aliphatic rings. The van der Waals surface area contributed by atoms with Crippen molar-refractivity contribution in [2.45, 2.75) is 45.3 Å². The Morgan fingerprint density at radius 1 is 1.17 bits per heavy atom. The summed E-state index contributed by atoms with van der Waals surface area (Å²) in [6.07, 6.45) is 2.87. The predicted octanol–water partition coefficient (Wildman–Crippen LogP) is 3.42. The smallest absolute Gasteiger partial charge is 0.314 e. The van der Waals surface area contributed by atoms with E-state index in [1.54, 1.807) is 15.8 Å². The summed E-state index contributed by atoms with van der Waals surface area (Å²) >= 11 is 0. The van der Waals surface area contributed by atoms with Crippen molar-refractivity contribution in [3.63, 3.8) is 0 Å². The molecule has 0 bridgehead atoms. The Kier molecular flexibility index (Phi) is 4.71. The first-order valence-corrected chi connectivity index (χ1v) is 9.37. The number of benzene rings is 1. The molecule has 7 nitrogen and oxygen atoms in total. The molecule has 1 saturated heterocycles. The average Bonchev–Trinajstić information content (AvgIpc) is 3.28. The van der Waals surface area contributed by atoms with Gasteiger partial charge in [0.2, 0.25) is 5.91 Å². The SMILES string of the molecule is C[C@@H]1[C@H](C)N(C(=O)Nc2cc(F)c(F)c(F)c2)Cc2c(N3CCCC3=O)cnn21. The maximum absolute atomic E-state index is 13.5. The molecule has 1 N–H and O–H groups in total. The van der Waals surface area contributed by atoms with Gasteiger partial charge in [-0.2, -0.15) is 5.10 Å². The molecule has 3 heterocycles. The lowest BCUT2D eigenvalue weighted by Gasteiger charge is -2.39. The van der Waals surface area contributed by atoms with Crippen LogP contribution in [0.2, 0.25) is 0 Å². The quantitative estimate of drug-likeness (QED) is 0.776. The zero-order chi connectivity index (χ0) is 20.9. The van der Waals surface area contributed by atoms with Crippen molar-refractivity contribution in [2.75, 3.05) is 16.8 Å². The summed E-state index contributed by atoms with van der Waals surface area (Å²) in [5.74, 6) is -4.34. The highest BCUT2D eigenvalue weighted by Crippen LogP contribution is 2.34. The van der Waals surface area contributed by atoms with Gasteiger partial charge in [0.15, 0.2) is 17.5 Å². The molecule has 2 atom stereocenters. The first-order chi connectivity index (χ1) is 13.8. The fourth-order valence-electron chi connectivity index (χ4n) is 3.86. The van der Waals surface area contributed by atoms with Gasteiger partial charge in [-0.3, -0.25) is 9.48 Å². The van der Waals surface area contributed by atoms with Crippen molar-refractivity contribution in [1.82, 2.24) is 14.7 Å². The van der Waals surface area contributed by atoms with E-state index >= 15 is 0 Å². The lowest BCUT2D eigenvalue weighted by Crippen LogP contribution is -2.49. The molecule has 0 aliphatic carbocycles. The maximum Gasteiger partial charge on any atom is 0.322 e. The van der Waals surface area contributed by atoms with Gasteiger partial charge in [-0.15, -0.1) is 0 Å². The van der Waals surface area contributed by atoms with E-state index in [0.717, 1.165) is 24.2 Å². The Bertz CT molecular complexity index is 969. The Balaban J connectivity index is 1.60. The van der Waals surface area contributed by atoms with Crippen LogP contribution in [0.5, 0.6) is 0 Å². The Hall–Kier alpha value is -3.04. The molecule has 154 valence electrons. The third kappa shape index (κ3) is 3.22. The van der Waals surface area contributed by atoms with Gasteiger partial charge in [0, 0.05) is 30.8 Å². The Morgan fingerprint density at radius 2 is 1.86 bits per heavy atom. The molecule has 3 amide bonds. The number of nitrogens with zero attached hydrogens (tertiary/aromatic N) is 4. The Labute approximate surface area is 165 Å². The van der Waals surface area contributed by atoms with Crippen molar-refractivity contribution in [2.24, 2.45) is 0 Å². The van der Waals surface area contributed by atoms with Crippen LogP contribution in [-0.4, -0.2) is 39.2 Å². The van der Waals surface area contributed by atoms with E-state index in [0.29, 0.717) is 18.7 Å². The standard InChI is InChI=1S/C19H20F3N5O2/c1-10-11(2)27-16(15(8-23-27)25-5-3-4-17(25)28)9-26(10)19(29)24-12-6-13(20)18(22)14(21)7-12/h6-8,10-11H,3-5,9H2,1-2H3,(H,24,29)/t10-,11+/m0/s1. The number of halogens is 3. The molecule has 4 rings (SSSR count). The zero-order valence-electron chi connectivity index (χ0n) is 16.0. The number of aromatic nitrogens is 2. The third-order valence-corrected chi connectivity index (χ3v) is 5.63. The molecule has 2 aliphatic heterocycles. The number of urea groups is 1. The van der Waals surface area contributed by atoms with Crippen LogP contribution in [0.1, 0.15) is 38.4 Å². The molecule has 1 fully saturated rings. The molecule has 0 radical (unpaired) electrons. The van der Waals surface area contributed by atoms with E-state index in [1.165, 1.54) is 4.90 Å². The van der Waals surface area contributed by atoms with Crippen molar-refractivity contribution in [3.8, 4) is 0 Å². The monoisotopic (exact) mass is 407 g/mol. The van der Waals surface area contributed by atoms with Crippen molar-refractivity contribution in [3.05, 3.63) is 41.5 Å². The van der Waals surface area contributed by atoms with Gasteiger partial charge in [0.05, 0.1) is 36.2 Å². The number of fused-ring (bicyclic) bond motifs is 1. The van der Waals surface area contributed by atoms with Gasteiger partial charge in [-0.25, -0.2) is 18.0 Å². The summed E-state index contributed by atoms with van der Waals surface area (Å²) < 4.78 is 41.9. The average molecular weight is 407 g/mol. The normalized spacial score (nSPS) is 21.5. The minimum atomic E-state index is -1.59. The summed E-state index contributed by atoms with van der Waals surface area (Å²) in [7, 11) is 0. The first kappa shape index (κ1) is 19.3. The largest absolute Gasteiger partial charge is 0.322 e. The molecule has 2 aromatic rings. The molecular weight excluding hydrogens is 387 g/mol. The van der Waals surface area contributed by atoms with Crippen LogP contribution in [0, 0.1) is 17.5 Å². The lowest BCUT2D eigenvalue weighted by atomic mass is 10.1. The molecule has 29 heavy (non-hydrogen) atoms. The minimum absolute atomic E-state index is 0.0142. The number of rotatable bonds is 2. The van der Waals surface area contributed by atoms with Gasteiger partial charge >= 0.3 is 6.03 Å². The van der Waals surface area contributed by atoms with Crippen molar-refractivity contribution >= 4 is 23.3 Å². The predicted molar refractivity (Wildman–Crippen MR) is 98.9 cm³/mol. The first-order valence-electron chi connectivity index (χ1n) is 9.37. The topological polar surface area (TPSA) is 70.5 Å². The van der Waals surface area contributed by atoms with Crippen LogP contribution >= 0.6 is 0 Å². The molecule has 10 heteroatoms. The second kappa shape index (κ2) is 7.09. The van der Waals surface area contributed by atoms with Crippen LogP contribution < -0.4 is 10.2 Å². The second-order valence-electron chi connectivity index (χ2n) is 7.36. The Morgan fingerprint density at radius 3 is 2.48 bits per heavy atom. The van der Waals surface area contributed by atoms with E-state index in [9.17, 15) is 22.8 Å². The van der Waals surface area contributed by atoms with E-state index in [4.69, 9.17) is 0 Å². The van der Waals surface area contributed by atoms with Crippen LogP contribution in [0.15, 0.2) is 18.3 Å². The summed E-state index contributed by atoms with van der Waals surface area (Å²) in [6, 6.07) is 0.415. The molecule has 0 spiro atoms. The fourth-order valence-corrected chi connectivity index (χ4v) is 3.86. The van der Waals surface area contributed by atoms with Gasteiger partial charge < -0.3 is 15.1 Å². The number of anilines is 2. The minimum Gasteiger partial charge on any atom is -0.314 e. The molecule has 0 unspecified atom stereocenters. The zero-order valence-corrected chi connectivity index (χ0v) is 16.0. The summed E-state index contributed by atoms with van der Waals surface area (Å²) in [5, 5.41) is 6.82. The van der Waals surface area contributed by atoms with Crippen LogP contribution in [-0.2, 0) is 11.3 Å². The maximum atomic E-state index is 13.5. The van der Waals surface area contributed by atoms with Crippen LogP contribution in [0.3, 0.4) is 0 Å². The van der Waals surface area contributed by atoms with Crippen molar-refractivity contribution in [1.29, 1.82) is 0 Å². The summed E-state index contributed by atoms with van der Waals surface area (Å²) in [5.41, 5.74) is 1.21. The van der Waals surface area contributed by atoms with E-state index in [2.05, 4.69) is 10.4 Å². The third-order valence-electron chi connectivity index (χ3n) is 5.63.